The van der Waals surface area contributed by atoms with Crippen molar-refractivity contribution in [3.05, 3.63) is 95.4 Å². The van der Waals surface area contributed by atoms with E-state index in [1.165, 1.54) is 11.1 Å². The molecule has 1 aromatic heterocycles. The minimum atomic E-state index is -1.19. The Morgan fingerprint density at radius 2 is 1.77 bits per heavy atom. The number of ketones is 1. The first-order chi connectivity index (χ1) is 25.4. The normalized spacial score (nSPS) is 28.4. The molecule has 0 bridgehead atoms. The summed E-state index contributed by atoms with van der Waals surface area (Å²) >= 11 is 0. The van der Waals surface area contributed by atoms with Gasteiger partial charge in [-0.05, 0) is 76.1 Å². The van der Waals surface area contributed by atoms with Crippen molar-refractivity contribution in [3.63, 3.8) is 0 Å². The maximum Gasteiger partial charge on any atom is 0.254 e. The zero-order valence-electron chi connectivity index (χ0n) is 31.9. The number of hydrogen-bond donors (Lipinski definition) is 5. The highest BCUT2D eigenvalue weighted by molar-refractivity contribution is 6.10. The number of anilines is 1. The first kappa shape index (κ1) is 37.8. The van der Waals surface area contributed by atoms with E-state index in [0.29, 0.717) is 17.7 Å². The third-order valence-corrected chi connectivity index (χ3v) is 12.2. The molecule has 1 aliphatic heterocycles. The van der Waals surface area contributed by atoms with Gasteiger partial charge in [0.15, 0.2) is 5.78 Å². The van der Waals surface area contributed by atoms with Crippen molar-refractivity contribution in [2.75, 3.05) is 5.32 Å². The van der Waals surface area contributed by atoms with E-state index in [1.54, 1.807) is 25.3 Å². The highest BCUT2D eigenvalue weighted by atomic mass is 16.2. The van der Waals surface area contributed by atoms with Gasteiger partial charge < -0.3 is 26.3 Å². The van der Waals surface area contributed by atoms with E-state index in [0.717, 1.165) is 42.1 Å². The van der Waals surface area contributed by atoms with Crippen LogP contribution in [0, 0.1) is 29.1 Å². The molecule has 6 rings (SSSR count). The van der Waals surface area contributed by atoms with Crippen LogP contribution in [0.25, 0.3) is 17.0 Å². The molecule has 1 fully saturated rings. The summed E-state index contributed by atoms with van der Waals surface area (Å²) in [5, 5.41) is 13.6. The molecule has 2 aromatic carbocycles. The lowest BCUT2D eigenvalue weighted by atomic mass is 9.54. The second kappa shape index (κ2) is 16.0. The van der Waals surface area contributed by atoms with Crippen molar-refractivity contribution in [1.29, 1.82) is 0 Å². The summed E-state index contributed by atoms with van der Waals surface area (Å²) in [5.41, 5.74) is 4.17. The number of H-pyrrole nitrogens is 1. The minimum Gasteiger partial charge on any atom is -0.381 e. The number of benzene rings is 2. The summed E-state index contributed by atoms with van der Waals surface area (Å²) < 4.78 is 0. The summed E-state index contributed by atoms with van der Waals surface area (Å²) in [6.07, 6.45) is 14.2. The summed E-state index contributed by atoms with van der Waals surface area (Å²) in [5.74, 6) is -1.10. The highest BCUT2D eigenvalue weighted by Crippen LogP contribution is 2.56. The van der Waals surface area contributed by atoms with E-state index in [-0.39, 0.29) is 59.8 Å². The molecule has 1 spiro atoms. The van der Waals surface area contributed by atoms with Crippen molar-refractivity contribution in [2.45, 2.75) is 98.2 Å². The first-order valence-corrected chi connectivity index (χ1v) is 19.3. The predicted octanol–water partition coefficient (Wildman–Crippen LogP) is 7.69. The number of nitrogens with one attached hydrogen (secondary N) is 5. The Balaban J connectivity index is 1.20. The quantitative estimate of drug-likeness (QED) is 0.114. The third kappa shape index (κ3) is 7.48. The number of aromatic amines is 1. The van der Waals surface area contributed by atoms with Crippen LogP contribution in [-0.4, -0.2) is 46.6 Å². The summed E-state index contributed by atoms with van der Waals surface area (Å²) in [4.78, 5) is 59.2. The lowest BCUT2D eigenvalue weighted by Crippen LogP contribution is -2.53. The Kier molecular flexibility index (Phi) is 11.4. The molecule has 9 nitrogen and oxygen atoms in total. The Bertz CT molecular complexity index is 1960. The largest absolute Gasteiger partial charge is 0.381 e. The van der Waals surface area contributed by atoms with Gasteiger partial charge in [0.2, 0.25) is 11.8 Å². The number of carbonyl (C=O) groups excluding carboxylic acids is 4. The van der Waals surface area contributed by atoms with Crippen LogP contribution >= 0.6 is 0 Å². The standard InChI is InChI=1S/C44H55N5O4/c1-7-27(3)40-39-29(5)28(4)23-32-22-26(2)14-8-9-15-33(24-38(50)44(32,39)43(53)49-40)48-37-19-13-11-17-35(37)42(52)47-30(6)41(51)45-21-20-31-25-46-36-18-12-10-16-34(31)36/h10-13,16-23,25,27,29-30,32-33,39-40,46,48H,7-9,14-15,24H2,1-6H3,(H,45,51)(H,47,52)(H,49,53)/b21-20+,26-22+/t27-,29-,30+,32+,33+,39+,40+,44-/m1/s1. The molecule has 5 N–H and O–H groups in total. The van der Waals surface area contributed by atoms with Gasteiger partial charge in [-0.15, -0.1) is 0 Å². The minimum absolute atomic E-state index is 0.0391. The maximum atomic E-state index is 15.0. The average Bonchev–Trinajstić information content (AvgIpc) is 3.70. The van der Waals surface area contributed by atoms with Gasteiger partial charge in [-0.1, -0.05) is 87.2 Å². The van der Waals surface area contributed by atoms with Gasteiger partial charge in [-0.25, -0.2) is 0 Å². The SMILES string of the molecule is CC[C@@H](C)[C@@H]1NC(=O)[C@@]23C(=O)C[C@@H](Nc4ccccc4C(=O)N[C@@H](C)C(=O)N/C=C/c4c[nH]c5ccccc45)CCCC/C(C)=C/[C@H]2C=C(C)[C@@H](C)[C@@H]13. The fourth-order valence-electron chi connectivity index (χ4n) is 8.89. The van der Waals surface area contributed by atoms with Crippen LogP contribution in [0.15, 0.2) is 84.2 Å². The van der Waals surface area contributed by atoms with E-state index >= 15 is 0 Å². The molecule has 9 heteroatoms. The van der Waals surface area contributed by atoms with Crippen molar-refractivity contribution in [2.24, 2.45) is 29.1 Å². The number of aromatic nitrogens is 1. The number of allylic oxidation sites excluding steroid dienone is 4. The second-order valence-corrected chi connectivity index (χ2v) is 15.6. The molecule has 0 saturated carbocycles. The van der Waals surface area contributed by atoms with Crippen LogP contribution in [0.2, 0.25) is 0 Å². The number of hydrogen-bond acceptors (Lipinski definition) is 5. The van der Waals surface area contributed by atoms with Gasteiger partial charge in [0.25, 0.3) is 5.91 Å². The first-order valence-electron chi connectivity index (χ1n) is 19.3. The molecule has 0 unspecified atom stereocenters. The van der Waals surface area contributed by atoms with Crippen LogP contribution in [0.4, 0.5) is 5.69 Å². The topological polar surface area (TPSA) is 132 Å². The molecule has 2 aliphatic carbocycles. The molecule has 280 valence electrons. The molecular formula is C44H55N5O4. The molecule has 3 amide bonds. The lowest BCUT2D eigenvalue weighted by Gasteiger charge is -2.46. The van der Waals surface area contributed by atoms with Gasteiger partial charge in [0.1, 0.15) is 11.5 Å². The Morgan fingerprint density at radius 3 is 2.57 bits per heavy atom. The average molecular weight is 718 g/mol. The second-order valence-electron chi connectivity index (χ2n) is 15.6. The van der Waals surface area contributed by atoms with Crippen LogP contribution in [0.5, 0.6) is 0 Å². The fourth-order valence-corrected chi connectivity index (χ4v) is 8.89. The fraction of sp³-hybridized carbons (Fsp3) is 0.455. The molecule has 0 radical (unpaired) electrons. The number of amides is 3. The number of Topliss-reactive ketones (excluding diaryl/α,β-unsaturated/α-hetero) is 1. The van der Waals surface area contributed by atoms with Crippen molar-refractivity contribution in [3.8, 4) is 0 Å². The Labute approximate surface area is 313 Å². The van der Waals surface area contributed by atoms with Crippen LogP contribution in [0.1, 0.15) is 96.0 Å². The Morgan fingerprint density at radius 1 is 1.02 bits per heavy atom. The molecular weight excluding hydrogens is 663 g/mol. The van der Waals surface area contributed by atoms with Gasteiger partial charge in [-0.3, -0.25) is 19.2 Å². The third-order valence-electron chi connectivity index (χ3n) is 12.2. The predicted molar refractivity (Wildman–Crippen MR) is 212 cm³/mol. The van der Waals surface area contributed by atoms with E-state index in [9.17, 15) is 19.2 Å². The van der Waals surface area contributed by atoms with E-state index < -0.39 is 17.4 Å². The zero-order chi connectivity index (χ0) is 37.9. The lowest BCUT2D eigenvalue weighted by molar-refractivity contribution is -0.145. The molecule has 3 aromatic rings. The van der Waals surface area contributed by atoms with E-state index in [1.807, 2.05) is 48.7 Å². The number of rotatable bonds is 9. The van der Waals surface area contributed by atoms with Crippen LogP contribution in [0.3, 0.4) is 0 Å². The number of para-hydroxylation sites is 2. The zero-order valence-corrected chi connectivity index (χ0v) is 31.9. The summed E-state index contributed by atoms with van der Waals surface area (Å²) in [7, 11) is 0. The van der Waals surface area contributed by atoms with E-state index in [4.69, 9.17) is 0 Å². The number of fused-ring (bicyclic) bond motifs is 1. The van der Waals surface area contributed by atoms with Crippen LogP contribution in [-0.2, 0) is 14.4 Å². The van der Waals surface area contributed by atoms with Crippen molar-refractivity contribution < 1.29 is 19.2 Å². The van der Waals surface area contributed by atoms with Gasteiger partial charge in [0.05, 0.1) is 5.56 Å². The summed E-state index contributed by atoms with van der Waals surface area (Å²) in [6.45, 7) is 12.4. The molecule has 3 aliphatic rings. The molecule has 2 heterocycles. The van der Waals surface area contributed by atoms with Gasteiger partial charge in [0, 0.05) is 64.9 Å². The summed E-state index contributed by atoms with van der Waals surface area (Å²) in [6, 6.07) is 13.9. The van der Waals surface area contributed by atoms with E-state index in [2.05, 4.69) is 73.0 Å². The smallest absolute Gasteiger partial charge is 0.254 e. The monoisotopic (exact) mass is 717 g/mol. The van der Waals surface area contributed by atoms with Gasteiger partial charge >= 0.3 is 0 Å². The maximum absolute atomic E-state index is 15.0. The van der Waals surface area contributed by atoms with Gasteiger partial charge in [-0.2, -0.15) is 0 Å². The molecule has 8 atom stereocenters. The molecule has 1 saturated heterocycles. The molecule has 53 heavy (non-hydrogen) atoms. The van der Waals surface area contributed by atoms with Crippen molar-refractivity contribution in [1.82, 2.24) is 20.9 Å². The Hall–Kier alpha value is -4.92. The van der Waals surface area contributed by atoms with Crippen LogP contribution < -0.4 is 21.3 Å². The number of carbonyl (C=O) groups is 4. The highest BCUT2D eigenvalue weighted by Gasteiger charge is 2.65. The van der Waals surface area contributed by atoms with Crippen molar-refractivity contribution >= 4 is 46.2 Å².